The highest BCUT2D eigenvalue weighted by Gasteiger charge is 2.32. The minimum Gasteiger partial charge on any atom is -0.339 e. The second-order valence-electron chi connectivity index (χ2n) is 5.69. The van der Waals surface area contributed by atoms with Crippen LogP contribution in [0.2, 0.25) is 0 Å². The van der Waals surface area contributed by atoms with Crippen molar-refractivity contribution in [1.82, 2.24) is 10.2 Å². The van der Waals surface area contributed by atoms with Crippen LogP contribution in [0.3, 0.4) is 0 Å². The molecular weight excluding hydrogens is 224 g/mol. The van der Waals surface area contributed by atoms with Crippen LogP contribution in [0.5, 0.6) is 0 Å². The minimum atomic E-state index is 0.0459. The minimum absolute atomic E-state index is 0.0459. The summed E-state index contributed by atoms with van der Waals surface area (Å²) in [5, 5.41) is 3.41. The molecule has 106 valence electrons. The zero-order valence-corrected chi connectivity index (χ0v) is 12.5. The van der Waals surface area contributed by atoms with Crippen molar-refractivity contribution < 1.29 is 4.79 Å². The predicted octanol–water partition coefficient (Wildman–Crippen LogP) is 2.80. The molecule has 3 nitrogen and oxygen atoms in total. The average molecular weight is 254 g/mol. The number of amides is 1. The van der Waals surface area contributed by atoms with Gasteiger partial charge in [-0.2, -0.15) is 0 Å². The summed E-state index contributed by atoms with van der Waals surface area (Å²) in [7, 11) is 0. The average Bonchev–Trinajstić information content (AvgIpc) is 2.39. The fourth-order valence-electron chi connectivity index (χ4n) is 2.66. The topological polar surface area (TPSA) is 32.3 Å². The van der Waals surface area contributed by atoms with Crippen LogP contribution in [0.15, 0.2) is 0 Å². The van der Waals surface area contributed by atoms with Crippen LogP contribution in [0.4, 0.5) is 0 Å². The molecule has 0 spiro atoms. The Bertz CT molecular complexity index is 255. The van der Waals surface area contributed by atoms with E-state index in [0.29, 0.717) is 17.9 Å². The van der Waals surface area contributed by atoms with Gasteiger partial charge in [0.05, 0.1) is 6.04 Å². The molecule has 3 heteroatoms. The van der Waals surface area contributed by atoms with E-state index < -0.39 is 0 Å². The number of hydrogen-bond acceptors (Lipinski definition) is 2. The highest BCUT2D eigenvalue weighted by Crippen LogP contribution is 2.19. The summed E-state index contributed by atoms with van der Waals surface area (Å²) in [6.07, 6.45) is 5.66. The SMILES string of the molecule is CCCCN(C(=O)C1NCCCC1C)C(C)CC. The van der Waals surface area contributed by atoms with Crippen LogP contribution < -0.4 is 5.32 Å². The molecule has 0 radical (unpaired) electrons. The van der Waals surface area contributed by atoms with Crippen molar-refractivity contribution in [3.63, 3.8) is 0 Å². The normalized spacial score (nSPS) is 25.8. The number of hydrogen-bond donors (Lipinski definition) is 1. The predicted molar refractivity (Wildman–Crippen MR) is 76.6 cm³/mol. The van der Waals surface area contributed by atoms with Gasteiger partial charge in [0.15, 0.2) is 0 Å². The van der Waals surface area contributed by atoms with Crippen molar-refractivity contribution in [3.8, 4) is 0 Å². The maximum absolute atomic E-state index is 12.7. The molecule has 0 aromatic rings. The second-order valence-corrected chi connectivity index (χ2v) is 5.69. The molecule has 0 bridgehead atoms. The monoisotopic (exact) mass is 254 g/mol. The maximum Gasteiger partial charge on any atom is 0.240 e. The highest BCUT2D eigenvalue weighted by molar-refractivity contribution is 5.82. The molecule has 1 N–H and O–H groups in total. The van der Waals surface area contributed by atoms with Gasteiger partial charge in [0, 0.05) is 12.6 Å². The van der Waals surface area contributed by atoms with Crippen molar-refractivity contribution >= 4 is 5.91 Å². The van der Waals surface area contributed by atoms with Crippen molar-refractivity contribution in [2.75, 3.05) is 13.1 Å². The molecule has 1 rings (SSSR count). The molecular formula is C15H30N2O. The standard InChI is InChI=1S/C15H30N2O/c1-5-7-11-17(13(4)6-2)15(18)14-12(3)9-8-10-16-14/h12-14,16H,5-11H2,1-4H3. The lowest BCUT2D eigenvalue weighted by Crippen LogP contribution is -2.54. The third-order valence-electron chi connectivity index (χ3n) is 4.19. The number of rotatable bonds is 6. The molecule has 18 heavy (non-hydrogen) atoms. The molecule has 0 aromatic heterocycles. The Balaban J connectivity index is 2.67. The molecule has 1 amide bonds. The smallest absolute Gasteiger partial charge is 0.240 e. The van der Waals surface area contributed by atoms with Crippen LogP contribution in [0, 0.1) is 5.92 Å². The summed E-state index contributed by atoms with van der Waals surface area (Å²) in [5.74, 6) is 0.796. The Morgan fingerprint density at radius 3 is 2.72 bits per heavy atom. The molecule has 1 saturated heterocycles. The van der Waals surface area contributed by atoms with Gasteiger partial charge in [0.2, 0.25) is 5.91 Å². The molecule has 0 aliphatic carbocycles. The highest BCUT2D eigenvalue weighted by atomic mass is 16.2. The van der Waals surface area contributed by atoms with Crippen LogP contribution >= 0.6 is 0 Å². The zero-order chi connectivity index (χ0) is 13.5. The van der Waals surface area contributed by atoms with Crippen LogP contribution in [-0.2, 0) is 4.79 Å². The van der Waals surface area contributed by atoms with E-state index in [1.165, 1.54) is 12.8 Å². The van der Waals surface area contributed by atoms with E-state index in [1.807, 2.05) is 0 Å². The first kappa shape index (κ1) is 15.5. The quantitative estimate of drug-likeness (QED) is 0.790. The number of nitrogens with zero attached hydrogens (tertiary/aromatic N) is 1. The summed E-state index contributed by atoms with van der Waals surface area (Å²) in [6, 6.07) is 0.407. The van der Waals surface area contributed by atoms with Gasteiger partial charge in [-0.15, -0.1) is 0 Å². The van der Waals surface area contributed by atoms with Gasteiger partial charge in [-0.25, -0.2) is 0 Å². The van der Waals surface area contributed by atoms with Gasteiger partial charge in [-0.05, 0) is 45.1 Å². The molecule has 3 unspecified atom stereocenters. The molecule has 1 aliphatic rings. The lowest BCUT2D eigenvalue weighted by molar-refractivity contribution is -0.137. The Morgan fingerprint density at radius 2 is 2.17 bits per heavy atom. The van der Waals surface area contributed by atoms with Crippen molar-refractivity contribution in [3.05, 3.63) is 0 Å². The number of carbonyl (C=O) groups is 1. The van der Waals surface area contributed by atoms with Crippen LogP contribution in [0.25, 0.3) is 0 Å². The summed E-state index contributed by atoms with van der Waals surface area (Å²) in [5.41, 5.74) is 0. The number of unbranched alkanes of at least 4 members (excludes halogenated alkanes) is 1. The first-order valence-corrected chi connectivity index (χ1v) is 7.65. The maximum atomic E-state index is 12.7. The first-order chi connectivity index (χ1) is 8.61. The largest absolute Gasteiger partial charge is 0.339 e. The van der Waals surface area contributed by atoms with Gasteiger partial charge in [-0.1, -0.05) is 27.2 Å². The zero-order valence-electron chi connectivity index (χ0n) is 12.5. The lowest BCUT2D eigenvalue weighted by atomic mass is 9.91. The van der Waals surface area contributed by atoms with Gasteiger partial charge >= 0.3 is 0 Å². The van der Waals surface area contributed by atoms with Crippen molar-refractivity contribution in [2.24, 2.45) is 5.92 Å². The Morgan fingerprint density at radius 1 is 1.44 bits per heavy atom. The van der Waals surface area contributed by atoms with Gasteiger partial charge in [-0.3, -0.25) is 4.79 Å². The Hall–Kier alpha value is -0.570. The van der Waals surface area contributed by atoms with E-state index in [4.69, 9.17) is 0 Å². The van der Waals surface area contributed by atoms with E-state index in [0.717, 1.165) is 32.4 Å². The second kappa shape index (κ2) is 7.78. The molecule has 0 aromatic carbocycles. The summed E-state index contributed by atoms with van der Waals surface area (Å²) in [4.78, 5) is 14.8. The summed E-state index contributed by atoms with van der Waals surface area (Å²) >= 11 is 0. The fraction of sp³-hybridized carbons (Fsp3) is 0.933. The van der Waals surface area contributed by atoms with Crippen molar-refractivity contribution in [1.29, 1.82) is 0 Å². The Labute approximate surface area is 112 Å². The van der Waals surface area contributed by atoms with Crippen LogP contribution in [0.1, 0.15) is 59.8 Å². The molecule has 3 atom stereocenters. The molecule has 1 heterocycles. The fourth-order valence-corrected chi connectivity index (χ4v) is 2.66. The van der Waals surface area contributed by atoms with Gasteiger partial charge in [0.1, 0.15) is 0 Å². The summed E-state index contributed by atoms with van der Waals surface area (Å²) in [6.45, 7) is 10.6. The van der Waals surface area contributed by atoms with E-state index in [1.54, 1.807) is 0 Å². The van der Waals surface area contributed by atoms with E-state index in [9.17, 15) is 4.79 Å². The number of piperidine rings is 1. The van der Waals surface area contributed by atoms with E-state index in [-0.39, 0.29) is 6.04 Å². The van der Waals surface area contributed by atoms with E-state index in [2.05, 4.69) is 37.9 Å². The third kappa shape index (κ3) is 3.98. The molecule has 0 saturated carbocycles. The van der Waals surface area contributed by atoms with Gasteiger partial charge in [0.25, 0.3) is 0 Å². The molecule has 1 aliphatic heterocycles. The van der Waals surface area contributed by atoms with E-state index >= 15 is 0 Å². The summed E-state index contributed by atoms with van der Waals surface area (Å²) < 4.78 is 0. The lowest BCUT2D eigenvalue weighted by Gasteiger charge is -2.36. The van der Waals surface area contributed by atoms with Crippen LogP contribution in [-0.4, -0.2) is 36.0 Å². The molecule has 1 fully saturated rings. The Kier molecular flexibility index (Phi) is 6.69. The van der Waals surface area contributed by atoms with Gasteiger partial charge < -0.3 is 10.2 Å². The first-order valence-electron chi connectivity index (χ1n) is 7.65. The van der Waals surface area contributed by atoms with Crippen molar-refractivity contribution in [2.45, 2.75) is 71.9 Å². The number of nitrogens with one attached hydrogen (secondary N) is 1. The third-order valence-corrected chi connectivity index (χ3v) is 4.19. The number of carbonyl (C=O) groups excluding carboxylic acids is 1.